The lowest BCUT2D eigenvalue weighted by atomic mass is 10.1. The number of amides is 1. The van der Waals surface area contributed by atoms with E-state index in [1.807, 2.05) is 37.3 Å². The van der Waals surface area contributed by atoms with Crippen LogP contribution >= 0.6 is 51.5 Å². The third kappa shape index (κ3) is 7.70. The highest BCUT2D eigenvalue weighted by molar-refractivity contribution is 9.10. The zero-order chi connectivity index (χ0) is 25.4. The summed E-state index contributed by atoms with van der Waals surface area (Å²) in [6.45, 7) is 3.06. The van der Waals surface area contributed by atoms with Crippen molar-refractivity contribution < 1.29 is 23.8 Å². The fourth-order valence-corrected chi connectivity index (χ4v) is 5.22. The smallest absolute Gasteiger partial charge is 0.305 e. The molecule has 1 saturated heterocycles. The van der Waals surface area contributed by atoms with E-state index in [4.69, 9.17) is 38.0 Å². The van der Waals surface area contributed by atoms with Gasteiger partial charge < -0.3 is 14.2 Å². The van der Waals surface area contributed by atoms with Crippen LogP contribution in [0, 0.1) is 0 Å². The lowest BCUT2D eigenvalue weighted by Gasteiger charge is -2.14. The summed E-state index contributed by atoms with van der Waals surface area (Å²) in [5, 5.41) is 0.664. The van der Waals surface area contributed by atoms with E-state index in [-0.39, 0.29) is 18.3 Å². The molecule has 0 atom stereocenters. The van der Waals surface area contributed by atoms with E-state index >= 15 is 0 Å². The average Bonchev–Trinajstić information content (AvgIpc) is 3.10. The van der Waals surface area contributed by atoms with Gasteiger partial charge in [-0.15, -0.1) is 0 Å². The van der Waals surface area contributed by atoms with Crippen molar-refractivity contribution >= 4 is 73.8 Å². The Morgan fingerprint density at radius 2 is 2.00 bits per heavy atom. The first-order chi connectivity index (χ1) is 16.8. The van der Waals surface area contributed by atoms with Crippen LogP contribution in [0.5, 0.6) is 11.5 Å². The zero-order valence-corrected chi connectivity index (χ0v) is 23.3. The second-order valence-corrected chi connectivity index (χ2v) is 10.6. The number of thioether (sulfide) groups is 1. The van der Waals surface area contributed by atoms with Crippen LogP contribution in [0.25, 0.3) is 6.08 Å². The van der Waals surface area contributed by atoms with E-state index in [0.29, 0.717) is 56.4 Å². The van der Waals surface area contributed by atoms with E-state index < -0.39 is 0 Å². The van der Waals surface area contributed by atoms with Crippen molar-refractivity contribution in [2.75, 3.05) is 20.3 Å². The summed E-state index contributed by atoms with van der Waals surface area (Å²) >= 11 is 16.1. The van der Waals surface area contributed by atoms with Crippen molar-refractivity contribution in [3.63, 3.8) is 0 Å². The summed E-state index contributed by atoms with van der Waals surface area (Å²) in [4.78, 5) is 26.6. The molecule has 3 rings (SSSR count). The number of hydrogen-bond donors (Lipinski definition) is 0. The minimum atomic E-state index is -0.261. The van der Waals surface area contributed by atoms with Gasteiger partial charge in [0, 0.05) is 18.0 Å². The summed E-state index contributed by atoms with van der Waals surface area (Å²) in [6.07, 6.45) is 3.28. The van der Waals surface area contributed by atoms with Crippen LogP contribution in [0.1, 0.15) is 37.3 Å². The normalized spacial score (nSPS) is 14.5. The van der Waals surface area contributed by atoms with Gasteiger partial charge in [-0.25, -0.2) is 0 Å². The van der Waals surface area contributed by atoms with Crippen molar-refractivity contribution in [3.05, 3.63) is 61.9 Å². The Hall–Kier alpha value is -2.07. The molecular formula is C25H25BrClNO5S2. The van der Waals surface area contributed by atoms with Crippen LogP contribution in [0.15, 0.2) is 45.8 Å². The Bertz CT molecular complexity index is 1120. The molecule has 0 aromatic heterocycles. The lowest BCUT2D eigenvalue weighted by molar-refractivity contribution is -0.144. The fourth-order valence-electron chi connectivity index (χ4n) is 3.21. The number of benzene rings is 2. The summed E-state index contributed by atoms with van der Waals surface area (Å²) in [6, 6.07) is 11.1. The quantitative estimate of drug-likeness (QED) is 0.164. The predicted octanol–water partition coefficient (Wildman–Crippen LogP) is 6.62. The molecule has 1 aliphatic heterocycles. The van der Waals surface area contributed by atoms with E-state index in [9.17, 15) is 9.59 Å². The largest absolute Gasteiger partial charge is 0.493 e. The van der Waals surface area contributed by atoms with Gasteiger partial charge in [0.15, 0.2) is 11.5 Å². The van der Waals surface area contributed by atoms with Gasteiger partial charge in [0.1, 0.15) is 10.9 Å². The molecule has 1 heterocycles. The van der Waals surface area contributed by atoms with Crippen molar-refractivity contribution in [3.8, 4) is 11.5 Å². The number of nitrogens with zero attached hydrogens (tertiary/aromatic N) is 1. The third-order valence-corrected chi connectivity index (χ3v) is 7.17. The van der Waals surface area contributed by atoms with Gasteiger partial charge in [-0.05, 0) is 70.2 Å². The lowest BCUT2D eigenvalue weighted by Crippen LogP contribution is -2.29. The van der Waals surface area contributed by atoms with E-state index in [2.05, 4.69) is 15.9 Å². The summed E-state index contributed by atoms with van der Waals surface area (Å²) in [7, 11) is 1.56. The van der Waals surface area contributed by atoms with Gasteiger partial charge in [0.2, 0.25) is 0 Å². The Morgan fingerprint density at radius 1 is 1.26 bits per heavy atom. The second-order valence-electron chi connectivity index (χ2n) is 7.61. The summed E-state index contributed by atoms with van der Waals surface area (Å²) in [5.41, 5.74) is 1.73. The fraction of sp³-hybridized carbons (Fsp3) is 0.320. The maximum absolute atomic E-state index is 12.9. The van der Waals surface area contributed by atoms with Crippen LogP contribution in [0.3, 0.4) is 0 Å². The number of ether oxygens (including phenoxy) is 3. The Morgan fingerprint density at radius 3 is 2.69 bits per heavy atom. The van der Waals surface area contributed by atoms with Crippen LogP contribution < -0.4 is 9.47 Å². The number of halogens is 2. The van der Waals surface area contributed by atoms with Crippen molar-refractivity contribution in [1.82, 2.24) is 4.90 Å². The minimum Gasteiger partial charge on any atom is -0.493 e. The number of methoxy groups -OCH3 is 1. The molecule has 0 radical (unpaired) electrons. The number of carbonyl (C=O) groups excluding carboxylic acids is 2. The van der Waals surface area contributed by atoms with Crippen molar-refractivity contribution in [2.24, 2.45) is 0 Å². The number of esters is 1. The topological polar surface area (TPSA) is 65.1 Å². The molecule has 1 aliphatic rings. The molecule has 35 heavy (non-hydrogen) atoms. The molecule has 2 aromatic carbocycles. The first-order valence-corrected chi connectivity index (χ1v) is 13.4. The predicted molar refractivity (Wildman–Crippen MR) is 147 cm³/mol. The van der Waals surface area contributed by atoms with Crippen molar-refractivity contribution in [2.45, 2.75) is 32.8 Å². The highest BCUT2D eigenvalue weighted by atomic mass is 79.9. The molecule has 0 spiro atoms. The molecule has 0 aliphatic carbocycles. The average molecular weight is 599 g/mol. The van der Waals surface area contributed by atoms with Crippen LogP contribution in [-0.4, -0.2) is 41.4 Å². The van der Waals surface area contributed by atoms with Crippen LogP contribution in [0.2, 0.25) is 5.02 Å². The van der Waals surface area contributed by atoms with E-state index in [1.165, 1.54) is 16.7 Å². The number of carbonyl (C=O) groups is 2. The molecule has 0 N–H and O–H groups in total. The highest BCUT2D eigenvalue weighted by Crippen LogP contribution is 2.39. The summed E-state index contributed by atoms with van der Waals surface area (Å²) < 4.78 is 17.8. The second kappa shape index (κ2) is 13.3. The Balaban J connectivity index is 1.67. The molecule has 1 amide bonds. The molecular weight excluding hydrogens is 574 g/mol. The third-order valence-electron chi connectivity index (χ3n) is 4.95. The maximum atomic E-state index is 12.9. The molecule has 2 aromatic rings. The van der Waals surface area contributed by atoms with Gasteiger partial charge in [0.05, 0.1) is 23.1 Å². The monoisotopic (exact) mass is 597 g/mol. The van der Waals surface area contributed by atoms with Gasteiger partial charge in [-0.1, -0.05) is 54.6 Å². The zero-order valence-electron chi connectivity index (χ0n) is 19.3. The first-order valence-electron chi connectivity index (χ1n) is 11.0. The van der Waals surface area contributed by atoms with Gasteiger partial charge >= 0.3 is 5.97 Å². The van der Waals surface area contributed by atoms with E-state index in [0.717, 1.165) is 17.5 Å². The van der Waals surface area contributed by atoms with Crippen molar-refractivity contribution in [1.29, 1.82) is 0 Å². The van der Waals surface area contributed by atoms with Crippen LogP contribution in [-0.2, 0) is 20.9 Å². The number of hydrogen-bond acceptors (Lipinski definition) is 7. The maximum Gasteiger partial charge on any atom is 0.305 e. The van der Waals surface area contributed by atoms with Gasteiger partial charge in [0.25, 0.3) is 5.91 Å². The molecule has 6 nitrogen and oxygen atoms in total. The standard InChI is InChI=1S/C25H25BrClNO5S2/c1-3-11-32-22(29)5-4-10-28-24(30)21(35-25(28)34)14-17-12-19(26)23(20(13-17)31-2)33-15-16-6-8-18(27)9-7-16/h6-9,12-14H,3-5,10-11,15H2,1-2H3/b21-14-. The molecule has 186 valence electrons. The van der Waals surface area contributed by atoms with E-state index in [1.54, 1.807) is 19.3 Å². The molecule has 10 heteroatoms. The first kappa shape index (κ1) is 27.5. The minimum absolute atomic E-state index is 0.180. The SMILES string of the molecule is CCCOC(=O)CCCN1C(=O)/C(=C/c2cc(Br)c(OCc3ccc(Cl)cc3)c(OC)c2)SC1=S. The summed E-state index contributed by atoms with van der Waals surface area (Å²) in [5.74, 6) is 0.644. The molecule has 0 saturated carbocycles. The number of thiocarbonyl (C=S) groups is 1. The molecule has 1 fully saturated rings. The molecule has 0 bridgehead atoms. The van der Waals surface area contributed by atoms with Gasteiger partial charge in [-0.2, -0.15) is 0 Å². The Labute approximate surface area is 228 Å². The van der Waals surface area contributed by atoms with Crippen LogP contribution in [0.4, 0.5) is 0 Å². The highest BCUT2D eigenvalue weighted by Gasteiger charge is 2.31. The van der Waals surface area contributed by atoms with Gasteiger partial charge in [-0.3, -0.25) is 14.5 Å². The Kier molecular flexibility index (Phi) is 10.5. The number of rotatable bonds is 11. The molecule has 0 unspecified atom stereocenters.